The van der Waals surface area contributed by atoms with E-state index >= 15 is 0 Å². The van der Waals surface area contributed by atoms with E-state index in [0.717, 1.165) is 22.7 Å². The Morgan fingerprint density at radius 3 is 2.68 bits per heavy atom. The van der Waals surface area contributed by atoms with Gasteiger partial charge in [0, 0.05) is 30.3 Å². The molecule has 1 aromatic carbocycles. The van der Waals surface area contributed by atoms with Crippen molar-refractivity contribution >= 4 is 34.7 Å². The number of alkyl halides is 3. The number of rotatable bonds is 5. The Balaban J connectivity index is 1.93. The number of carbonyl (C=O) groups excluding carboxylic acids is 1. The van der Waals surface area contributed by atoms with Gasteiger partial charge in [0.2, 0.25) is 5.95 Å². The molecule has 2 amide bonds. The molecule has 146 valence electrons. The van der Waals surface area contributed by atoms with Gasteiger partial charge in [-0.2, -0.15) is 13.2 Å². The molecule has 0 spiro atoms. The molecule has 3 aromatic rings. The molecule has 3 rings (SSSR count). The number of hydrogen-bond acceptors (Lipinski definition) is 6. The largest absolute Gasteiger partial charge is 0.433 e. The van der Waals surface area contributed by atoms with Crippen LogP contribution in [0.1, 0.15) is 12.6 Å². The number of aromatic nitrogens is 3. The first kappa shape index (κ1) is 19.5. The van der Waals surface area contributed by atoms with Crippen molar-refractivity contribution in [1.29, 1.82) is 0 Å². The predicted octanol–water partition coefficient (Wildman–Crippen LogP) is 4.50. The van der Waals surface area contributed by atoms with Gasteiger partial charge < -0.3 is 16.0 Å². The molecule has 0 bridgehead atoms. The van der Waals surface area contributed by atoms with Gasteiger partial charge in [-0.25, -0.2) is 14.8 Å². The Hall–Kier alpha value is -3.21. The van der Waals surface area contributed by atoms with Gasteiger partial charge in [-0.15, -0.1) is 11.3 Å². The normalized spacial score (nSPS) is 11.1. The van der Waals surface area contributed by atoms with Crippen molar-refractivity contribution in [3.05, 3.63) is 47.9 Å². The standard InChI is InChI=1S/C17H15F3N6OS/c1-2-22-16(27)25-12-6-10(13-8-21-9-28-13)5-11(7-12)24-15-23-4-3-14(26-15)17(18,19)20/h3-9H,2H2,1H3,(H2,22,25,27)(H,23,24,26). The van der Waals surface area contributed by atoms with Gasteiger partial charge >= 0.3 is 12.2 Å². The fourth-order valence-corrected chi connectivity index (χ4v) is 2.93. The van der Waals surface area contributed by atoms with E-state index in [-0.39, 0.29) is 5.95 Å². The van der Waals surface area contributed by atoms with Crippen LogP contribution in [0.2, 0.25) is 0 Å². The minimum absolute atomic E-state index is 0.208. The van der Waals surface area contributed by atoms with E-state index in [1.807, 2.05) is 0 Å². The van der Waals surface area contributed by atoms with Crippen LogP contribution in [0.15, 0.2) is 42.2 Å². The molecule has 11 heteroatoms. The summed E-state index contributed by atoms with van der Waals surface area (Å²) in [6, 6.07) is 5.41. The van der Waals surface area contributed by atoms with Crippen molar-refractivity contribution in [3.8, 4) is 10.4 Å². The first-order chi connectivity index (χ1) is 13.3. The second-order valence-corrected chi connectivity index (χ2v) is 6.42. The Labute approximate surface area is 162 Å². The number of amides is 2. The van der Waals surface area contributed by atoms with Crippen LogP contribution in [-0.2, 0) is 6.18 Å². The van der Waals surface area contributed by atoms with E-state index in [4.69, 9.17) is 0 Å². The van der Waals surface area contributed by atoms with Gasteiger partial charge in [0.1, 0.15) is 5.69 Å². The maximum Gasteiger partial charge on any atom is 0.433 e. The lowest BCUT2D eigenvalue weighted by Gasteiger charge is -2.12. The maximum absolute atomic E-state index is 12.9. The third-order valence-corrected chi connectivity index (χ3v) is 4.27. The summed E-state index contributed by atoms with van der Waals surface area (Å²) in [7, 11) is 0. The van der Waals surface area contributed by atoms with Crippen molar-refractivity contribution in [2.45, 2.75) is 13.1 Å². The topological polar surface area (TPSA) is 91.8 Å². The van der Waals surface area contributed by atoms with Crippen LogP contribution in [-0.4, -0.2) is 27.5 Å². The van der Waals surface area contributed by atoms with Crippen LogP contribution in [0.5, 0.6) is 0 Å². The summed E-state index contributed by atoms with van der Waals surface area (Å²) in [6.45, 7) is 2.23. The molecular weight excluding hydrogens is 393 g/mol. The third-order valence-electron chi connectivity index (χ3n) is 3.45. The molecule has 0 saturated heterocycles. The number of carbonyl (C=O) groups is 1. The van der Waals surface area contributed by atoms with Crippen molar-refractivity contribution < 1.29 is 18.0 Å². The van der Waals surface area contributed by atoms with Crippen molar-refractivity contribution in [2.75, 3.05) is 17.2 Å². The van der Waals surface area contributed by atoms with E-state index in [1.165, 1.54) is 11.3 Å². The SMILES string of the molecule is CCNC(=O)Nc1cc(Nc2nccc(C(F)(F)F)n2)cc(-c2cncs2)c1. The molecule has 0 aliphatic rings. The average Bonchev–Trinajstić information content (AvgIpc) is 3.16. The van der Waals surface area contributed by atoms with Crippen LogP contribution < -0.4 is 16.0 Å². The van der Waals surface area contributed by atoms with Crippen molar-refractivity contribution in [3.63, 3.8) is 0 Å². The van der Waals surface area contributed by atoms with Crippen molar-refractivity contribution in [2.24, 2.45) is 0 Å². The number of nitrogens with zero attached hydrogens (tertiary/aromatic N) is 3. The zero-order valence-electron chi connectivity index (χ0n) is 14.5. The van der Waals surface area contributed by atoms with Crippen LogP contribution in [0.4, 0.5) is 35.3 Å². The molecule has 2 aromatic heterocycles. The van der Waals surface area contributed by atoms with Gasteiger partial charge in [-0.3, -0.25) is 4.98 Å². The van der Waals surface area contributed by atoms with Gasteiger partial charge in [0.05, 0.1) is 10.4 Å². The molecule has 0 aliphatic heterocycles. The lowest BCUT2D eigenvalue weighted by Crippen LogP contribution is -2.28. The first-order valence-electron chi connectivity index (χ1n) is 8.11. The van der Waals surface area contributed by atoms with Crippen molar-refractivity contribution in [1.82, 2.24) is 20.3 Å². The highest BCUT2D eigenvalue weighted by Gasteiger charge is 2.32. The number of benzene rings is 1. The summed E-state index contributed by atoms with van der Waals surface area (Å²) in [5, 5.41) is 8.05. The second kappa shape index (κ2) is 8.21. The Kier molecular flexibility index (Phi) is 5.73. The molecule has 0 saturated carbocycles. The molecule has 28 heavy (non-hydrogen) atoms. The molecule has 0 atom stereocenters. The molecule has 3 N–H and O–H groups in total. The summed E-state index contributed by atoms with van der Waals surface area (Å²) in [5.74, 6) is -0.208. The quantitative estimate of drug-likeness (QED) is 0.578. The minimum atomic E-state index is -4.57. The zero-order chi connectivity index (χ0) is 20.1. The van der Waals surface area contributed by atoms with E-state index in [0.29, 0.717) is 17.9 Å². The fraction of sp³-hybridized carbons (Fsp3) is 0.176. The number of urea groups is 1. The van der Waals surface area contributed by atoms with Crippen LogP contribution in [0.25, 0.3) is 10.4 Å². The monoisotopic (exact) mass is 408 g/mol. The lowest BCUT2D eigenvalue weighted by atomic mass is 10.1. The zero-order valence-corrected chi connectivity index (χ0v) is 15.4. The maximum atomic E-state index is 12.9. The minimum Gasteiger partial charge on any atom is -0.338 e. The van der Waals surface area contributed by atoms with E-state index < -0.39 is 17.9 Å². The van der Waals surface area contributed by atoms with Crippen LogP contribution in [0, 0.1) is 0 Å². The Bertz CT molecular complexity index is 962. The first-order valence-corrected chi connectivity index (χ1v) is 8.99. The van der Waals surface area contributed by atoms with Crippen LogP contribution >= 0.6 is 11.3 Å². The summed E-state index contributed by atoms with van der Waals surface area (Å²) in [5.41, 5.74) is 2.20. The number of hydrogen-bond donors (Lipinski definition) is 3. The van der Waals surface area contributed by atoms with Crippen LogP contribution in [0.3, 0.4) is 0 Å². The van der Waals surface area contributed by atoms with Gasteiger partial charge in [0.15, 0.2) is 0 Å². The summed E-state index contributed by atoms with van der Waals surface area (Å²) >= 11 is 1.39. The van der Waals surface area contributed by atoms with E-state index in [1.54, 1.807) is 36.8 Å². The Morgan fingerprint density at radius 1 is 1.21 bits per heavy atom. The predicted molar refractivity (Wildman–Crippen MR) is 101 cm³/mol. The molecule has 0 radical (unpaired) electrons. The van der Waals surface area contributed by atoms with E-state index in [2.05, 4.69) is 30.9 Å². The number of halogens is 3. The summed E-state index contributed by atoms with van der Waals surface area (Å²) < 4.78 is 38.6. The molecule has 0 fully saturated rings. The highest BCUT2D eigenvalue weighted by Crippen LogP contribution is 2.31. The molecule has 2 heterocycles. The number of thiazole rings is 1. The number of anilines is 3. The number of nitrogens with one attached hydrogen (secondary N) is 3. The smallest absolute Gasteiger partial charge is 0.338 e. The third kappa shape index (κ3) is 4.94. The van der Waals surface area contributed by atoms with Gasteiger partial charge in [-0.1, -0.05) is 0 Å². The van der Waals surface area contributed by atoms with Gasteiger partial charge in [-0.05, 0) is 36.8 Å². The summed E-state index contributed by atoms with van der Waals surface area (Å²) in [4.78, 5) is 24.0. The molecule has 7 nitrogen and oxygen atoms in total. The average molecular weight is 408 g/mol. The highest BCUT2D eigenvalue weighted by molar-refractivity contribution is 7.13. The fourth-order valence-electron chi connectivity index (χ4n) is 2.31. The van der Waals surface area contributed by atoms with E-state index in [9.17, 15) is 18.0 Å². The highest BCUT2D eigenvalue weighted by atomic mass is 32.1. The molecule has 0 aliphatic carbocycles. The Morgan fingerprint density at radius 2 is 2.00 bits per heavy atom. The lowest BCUT2D eigenvalue weighted by molar-refractivity contribution is -0.141. The molecule has 0 unspecified atom stereocenters. The summed E-state index contributed by atoms with van der Waals surface area (Å²) in [6.07, 6.45) is -1.89. The second-order valence-electron chi connectivity index (χ2n) is 5.54. The van der Waals surface area contributed by atoms with Gasteiger partial charge in [0.25, 0.3) is 0 Å². The molecular formula is C17H15F3N6OS.